The average Bonchev–Trinajstić information content (AvgIpc) is 2.90. The van der Waals surface area contributed by atoms with Crippen LogP contribution in [-0.4, -0.2) is 13.1 Å². The lowest BCUT2D eigenvalue weighted by molar-refractivity contribution is 1.02. The molecular weight excluding hydrogens is 227 g/mol. The zero-order chi connectivity index (χ0) is 11.5. The molecule has 1 aliphatic heterocycles. The monoisotopic (exact) mass is 242 g/mol. The number of hydrogen-bond donors (Lipinski definition) is 0. The first-order valence-corrected chi connectivity index (χ1v) is 6.74. The van der Waals surface area contributed by atoms with Gasteiger partial charge in [-0.2, -0.15) is 0 Å². The summed E-state index contributed by atoms with van der Waals surface area (Å²) in [5, 5.41) is 0. The maximum absolute atomic E-state index is 2.44. The largest absolute Gasteiger partial charge is 0.334 e. The molecule has 2 aromatic rings. The molecule has 0 amide bonds. The Bertz CT molecular complexity index is 427. The third-order valence-corrected chi connectivity index (χ3v) is 4.37. The Morgan fingerprint density at radius 1 is 0.647 bits per heavy atom. The minimum absolute atomic E-state index is 0.712. The summed E-state index contributed by atoms with van der Waals surface area (Å²) in [6, 6.07) is 21.3. The summed E-state index contributed by atoms with van der Waals surface area (Å²) in [7, 11) is 0.712. The third-order valence-electron chi connectivity index (χ3n) is 2.92. The van der Waals surface area contributed by atoms with Crippen LogP contribution < -0.4 is 9.34 Å². The summed E-state index contributed by atoms with van der Waals surface area (Å²) in [6.07, 6.45) is 0. The van der Waals surface area contributed by atoms with Crippen molar-refractivity contribution in [1.82, 2.24) is 0 Å². The summed E-state index contributed by atoms with van der Waals surface area (Å²) in [6.45, 7) is 2.22. The summed E-state index contributed by atoms with van der Waals surface area (Å²) in [5.41, 5.74) is 2.65. The minimum Gasteiger partial charge on any atom is -0.334 e. The predicted molar refractivity (Wildman–Crippen MR) is 75.9 cm³/mol. The molecule has 3 rings (SSSR count). The van der Waals surface area contributed by atoms with Gasteiger partial charge in [0, 0.05) is 24.5 Å². The molecule has 0 atom stereocenters. The van der Waals surface area contributed by atoms with Gasteiger partial charge in [-0.1, -0.05) is 36.4 Å². The van der Waals surface area contributed by atoms with Crippen LogP contribution >= 0.6 is 8.88 Å². The first-order valence-electron chi connectivity index (χ1n) is 5.85. The van der Waals surface area contributed by atoms with Gasteiger partial charge in [0.2, 0.25) is 0 Å². The molecular formula is C14H15N2P. The summed E-state index contributed by atoms with van der Waals surface area (Å²) < 4.78 is 4.88. The summed E-state index contributed by atoms with van der Waals surface area (Å²) in [4.78, 5) is 0. The quantitative estimate of drug-likeness (QED) is 0.743. The molecule has 17 heavy (non-hydrogen) atoms. The highest BCUT2D eigenvalue weighted by Crippen LogP contribution is 2.38. The first-order chi connectivity index (χ1) is 8.43. The maximum Gasteiger partial charge on any atom is 0.0799 e. The lowest BCUT2D eigenvalue weighted by Gasteiger charge is -2.20. The smallest absolute Gasteiger partial charge is 0.0799 e. The van der Waals surface area contributed by atoms with Gasteiger partial charge in [-0.15, -0.1) is 0 Å². The van der Waals surface area contributed by atoms with Crippen molar-refractivity contribution in [3.8, 4) is 0 Å². The molecule has 1 saturated heterocycles. The highest BCUT2D eigenvalue weighted by atomic mass is 31.1. The van der Waals surface area contributed by atoms with Crippen LogP contribution in [0.3, 0.4) is 0 Å². The topological polar surface area (TPSA) is 6.48 Å². The lowest BCUT2D eigenvalue weighted by Crippen LogP contribution is -2.10. The highest BCUT2D eigenvalue weighted by Gasteiger charge is 2.20. The van der Waals surface area contributed by atoms with Crippen molar-refractivity contribution in [2.24, 2.45) is 0 Å². The molecule has 0 radical (unpaired) electrons. The van der Waals surface area contributed by atoms with Gasteiger partial charge >= 0.3 is 0 Å². The SMILES string of the molecule is c1ccc(N2CCN(c3ccccc3)P2)cc1. The number of hydrogen-bond acceptors (Lipinski definition) is 2. The van der Waals surface area contributed by atoms with Gasteiger partial charge in [-0.05, 0) is 24.3 Å². The normalized spacial score (nSPS) is 15.3. The molecule has 0 aliphatic carbocycles. The average molecular weight is 242 g/mol. The molecule has 2 nitrogen and oxygen atoms in total. The van der Waals surface area contributed by atoms with Gasteiger partial charge < -0.3 is 9.34 Å². The van der Waals surface area contributed by atoms with E-state index in [9.17, 15) is 0 Å². The molecule has 0 bridgehead atoms. The van der Waals surface area contributed by atoms with Crippen molar-refractivity contribution < 1.29 is 0 Å². The zero-order valence-corrected chi connectivity index (χ0v) is 10.6. The van der Waals surface area contributed by atoms with E-state index in [0.717, 1.165) is 13.1 Å². The van der Waals surface area contributed by atoms with Crippen LogP contribution in [0.5, 0.6) is 0 Å². The van der Waals surface area contributed by atoms with Crippen LogP contribution in [-0.2, 0) is 0 Å². The fraction of sp³-hybridized carbons (Fsp3) is 0.143. The van der Waals surface area contributed by atoms with E-state index in [1.807, 2.05) is 0 Å². The third kappa shape index (κ3) is 2.27. The number of rotatable bonds is 2. The molecule has 0 N–H and O–H groups in total. The van der Waals surface area contributed by atoms with Crippen LogP contribution in [0.1, 0.15) is 0 Å². The minimum atomic E-state index is 0.712. The van der Waals surface area contributed by atoms with Gasteiger partial charge in [0.1, 0.15) is 0 Å². The van der Waals surface area contributed by atoms with E-state index in [1.54, 1.807) is 0 Å². The Morgan fingerprint density at radius 3 is 1.47 bits per heavy atom. The molecule has 0 saturated carbocycles. The highest BCUT2D eigenvalue weighted by molar-refractivity contribution is 7.42. The van der Waals surface area contributed by atoms with E-state index in [-0.39, 0.29) is 0 Å². The van der Waals surface area contributed by atoms with Crippen LogP contribution in [0.2, 0.25) is 0 Å². The van der Waals surface area contributed by atoms with Crippen molar-refractivity contribution in [2.45, 2.75) is 0 Å². The van der Waals surface area contributed by atoms with E-state index < -0.39 is 0 Å². The van der Waals surface area contributed by atoms with Crippen molar-refractivity contribution in [1.29, 1.82) is 0 Å². The maximum atomic E-state index is 2.44. The molecule has 0 spiro atoms. The molecule has 3 heteroatoms. The van der Waals surface area contributed by atoms with Gasteiger partial charge in [0.15, 0.2) is 0 Å². The number of anilines is 2. The van der Waals surface area contributed by atoms with Gasteiger partial charge in [-0.25, -0.2) is 0 Å². The Kier molecular flexibility index (Phi) is 2.98. The Balaban J connectivity index is 1.75. The summed E-state index contributed by atoms with van der Waals surface area (Å²) in [5.74, 6) is 0. The Labute approximate surface area is 104 Å². The van der Waals surface area contributed by atoms with E-state index >= 15 is 0 Å². The van der Waals surface area contributed by atoms with E-state index in [4.69, 9.17) is 0 Å². The fourth-order valence-corrected chi connectivity index (χ4v) is 3.26. The van der Waals surface area contributed by atoms with Crippen LogP contribution in [0.25, 0.3) is 0 Å². The van der Waals surface area contributed by atoms with Crippen molar-refractivity contribution >= 4 is 20.3 Å². The standard InChI is InChI=1S/C14H15N2P/c1-3-7-13(8-4-1)15-11-12-16(17-15)14-9-5-2-6-10-14/h1-10,17H,11-12H2. The molecule has 0 unspecified atom stereocenters. The van der Waals surface area contributed by atoms with E-state index in [0.29, 0.717) is 8.88 Å². The van der Waals surface area contributed by atoms with E-state index in [1.165, 1.54) is 11.4 Å². The molecule has 2 aromatic carbocycles. The Hall–Kier alpha value is -1.53. The molecule has 86 valence electrons. The Morgan fingerprint density at radius 2 is 1.06 bits per heavy atom. The van der Waals surface area contributed by atoms with E-state index in [2.05, 4.69) is 70.0 Å². The van der Waals surface area contributed by atoms with Crippen LogP contribution in [0.15, 0.2) is 60.7 Å². The molecule has 1 heterocycles. The van der Waals surface area contributed by atoms with Crippen molar-refractivity contribution in [2.75, 3.05) is 22.4 Å². The first kappa shape index (κ1) is 10.6. The second-order valence-corrected chi connectivity index (χ2v) is 5.35. The lowest BCUT2D eigenvalue weighted by atomic mass is 10.3. The zero-order valence-electron chi connectivity index (χ0n) is 9.58. The number of benzene rings is 2. The predicted octanol–water partition coefficient (Wildman–Crippen LogP) is 3.52. The second-order valence-electron chi connectivity index (χ2n) is 4.07. The number of nitrogens with zero attached hydrogens (tertiary/aromatic N) is 2. The molecule has 0 aromatic heterocycles. The second kappa shape index (κ2) is 4.77. The molecule has 1 aliphatic rings. The van der Waals surface area contributed by atoms with Crippen molar-refractivity contribution in [3.05, 3.63) is 60.7 Å². The van der Waals surface area contributed by atoms with Crippen LogP contribution in [0, 0.1) is 0 Å². The summed E-state index contributed by atoms with van der Waals surface area (Å²) >= 11 is 0. The van der Waals surface area contributed by atoms with Gasteiger partial charge in [-0.3, -0.25) is 0 Å². The van der Waals surface area contributed by atoms with Crippen molar-refractivity contribution in [3.63, 3.8) is 0 Å². The molecule has 1 fully saturated rings. The fourth-order valence-electron chi connectivity index (χ4n) is 2.04. The van der Waals surface area contributed by atoms with Crippen LogP contribution in [0.4, 0.5) is 11.4 Å². The van der Waals surface area contributed by atoms with Gasteiger partial charge in [0.25, 0.3) is 0 Å². The van der Waals surface area contributed by atoms with Gasteiger partial charge in [0.05, 0.1) is 8.88 Å². The number of para-hydroxylation sites is 2.